The van der Waals surface area contributed by atoms with Crippen molar-refractivity contribution in [1.82, 2.24) is 4.90 Å². The van der Waals surface area contributed by atoms with E-state index in [4.69, 9.17) is 9.88 Å². The maximum atomic E-state index is 13.7. The Kier molecular flexibility index (Phi) is 8.56. The summed E-state index contributed by atoms with van der Waals surface area (Å²) in [5.41, 5.74) is 6.03. The van der Waals surface area contributed by atoms with Crippen LogP contribution in [0.15, 0.2) is 65.6 Å². The summed E-state index contributed by atoms with van der Waals surface area (Å²) in [7, 11) is -2.13. The second kappa shape index (κ2) is 12.1. The zero-order chi connectivity index (χ0) is 29.1. The van der Waals surface area contributed by atoms with Gasteiger partial charge in [-0.2, -0.15) is 0 Å². The van der Waals surface area contributed by atoms with E-state index in [2.05, 4.69) is 36.1 Å². The molecule has 8 nitrogen and oxygen atoms in total. The van der Waals surface area contributed by atoms with Crippen molar-refractivity contribution in [3.8, 4) is 5.75 Å². The minimum absolute atomic E-state index is 0.0379. The van der Waals surface area contributed by atoms with Gasteiger partial charge in [-0.15, -0.1) is 0 Å². The van der Waals surface area contributed by atoms with Crippen LogP contribution in [-0.2, 0) is 16.4 Å². The molecule has 2 aliphatic heterocycles. The van der Waals surface area contributed by atoms with E-state index in [0.717, 1.165) is 49.2 Å². The van der Waals surface area contributed by atoms with Crippen LogP contribution in [0.25, 0.3) is 0 Å². The zero-order valence-electron chi connectivity index (χ0n) is 24.2. The van der Waals surface area contributed by atoms with Gasteiger partial charge in [-0.1, -0.05) is 24.3 Å². The molecule has 3 aromatic carbocycles. The number of ether oxygens (including phenoxy) is 1. The van der Waals surface area contributed by atoms with Crippen LogP contribution in [-0.4, -0.2) is 65.6 Å². The Morgan fingerprint density at radius 1 is 0.878 bits per heavy atom. The number of piperidine rings is 1. The predicted molar refractivity (Wildman–Crippen MR) is 163 cm³/mol. The lowest BCUT2D eigenvalue weighted by Crippen LogP contribution is -2.49. The molecule has 5 rings (SSSR count). The fraction of sp³-hybridized carbons (Fsp3) is 0.406. The maximum absolute atomic E-state index is 13.7. The van der Waals surface area contributed by atoms with E-state index in [9.17, 15) is 13.2 Å². The summed E-state index contributed by atoms with van der Waals surface area (Å²) in [5, 5.41) is 5.44. The molecule has 0 atom stereocenters. The Labute approximate surface area is 243 Å². The lowest BCUT2D eigenvalue weighted by molar-refractivity contribution is 0.0745. The van der Waals surface area contributed by atoms with Crippen molar-refractivity contribution < 1.29 is 17.9 Å². The van der Waals surface area contributed by atoms with Gasteiger partial charge >= 0.3 is 0 Å². The first-order valence-corrected chi connectivity index (χ1v) is 15.8. The average molecular weight is 577 g/mol. The van der Waals surface area contributed by atoms with Crippen LogP contribution in [0.2, 0.25) is 0 Å². The summed E-state index contributed by atoms with van der Waals surface area (Å²) < 4.78 is 29.6. The molecule has 0 aliphatic carbocycles. The number of sulfonamides is 1. The molecule has 41 heavy (non-hydrogen) atoms. The Bertz CT molecular complexity index is 1510. The number of aryl methyl sites for hydroxylation is 2. The number of carbonyl (C=O) groups excluding carboxylic acids is 1. The highest BCUT2D eigenvalue weighted by Crippen LogP contribution is 2.30. The maximum Gasteiger partial charge on any atom is 0.254 e. The van der Waals surface area contributed by atoms with E-state index in [1.54, 1.807) is 25.3 Å². The van der Waals surface area contributed by atoms with Gasteiger partial charge in [0, 0.05) is 56.6 Å². The number of nitrogens with two attached hydrogens (primary N) is 1. The fourth-order valence-corrected chi connectivity index (χ4v) is 6.90. The van der Waals surface area contributed by atoms with Gasteiger partial charge < -0.3 is 19.4 Å². The number of hydrogen-bond acceptors (Lipinski definition) is 6. The van der Waals surface area contributed by atoms with Crippen LogP contribution in [0, 0.1) is 19.8 Å². The van der Waals surface area contributed by atoms with E-state index >= 15 is 0 Å². The number of rotatable bonds is 7. The largest absolute Gasteiger partial charge is 0.497 e. The molecular weight excluding hydrogens is 536 g/mol. The van der Waals surface area contributed by atoms with Crippen molar-refractivity contribution in [3.05, 3.63) is 82.9 Å². The Balaban J connectivity index is 1.23. The molecule has 218 valence electrons. The number of hydrogen-bond donors (Lipinski definition) is 1. The summed E-state index contributed by atoms with van der Waals surface area (Å²) in [6.07, 6.45) is 3.18. The van der Waals surface area contributed by atoms with Crippen molar-refractivity contribution in [1.29, 1.82) is 0 Å². The average Bonchev–Trinajstić information content (AvgIpc) is 2.98. The van der Waals surface area contributed by atoms with Crippen LogP contribution in [0.1, 0.15) is 39.9 Å². The van der Waals surface area contributed by atoms with Crippen molar-refractivity contribution in [2.45, 2.75) is 38.0 Å². The predicted octanol–water partition coefficient (Wildman–Crippen LogP) is 4.38. The third-order valence-electron chi connectivity index (χ3n) is 8.53. The summed E-state index contributed by atoms with van der Waals surface area (Å²) in [6.45, 7) is 8.29. The van der Waals surface area contributed by atoms with Crippen LogP contribution in [0.3, 0.4) is 0 Å². The SMILES string of the molecule is COc1cccc(N2CCC(Cc3cc(C(=O)N4CCN(c5ccccc5S(N)(=O)=O)CC4)c(C)cc3C)CC2)c1. The summed E-state index contributed by atoms with van der Waals surface area (Å²) >= 11 is 0. The van der Waals surface area contributed by atoms with Gasteiger partial charge in [0.15, 0.2) is 0 Å². The van der Waals surface area contributed by atoms with E-state index in [1.807, 2.05) is 28.9 Å². The van der Waals surface area contributed by atoms with Crippen molar-refractivity contribution >= 4 is 27.3 Å². The molecule has 2 fully saturated rings. The minimum Gasteiger partial charge on any atom is -0.497 e. The highest BCUT2D eigenvalue weighted by atomic mass is 32.2. The number of methoxy groups -OCH3 is 1. The van der Waals surface area contributed by atoms with Gasteiger partial charge in [0.2, 0.25) is 10.0 Å². The molecule has 0 saturated carbocycles. The molecule has 9 heteroatoms. The molecule has 0 spiro atoms. The lowest BCUT2D eigenvalue weighted by atomic mass is 9.86. The zero-order valence-corrected chi connectivity index (χ0v) is 25.0. The molecule has 2 aliphatic rings. The van der Waals surface area contributed by atoms with Crippen molar-refractivity contribution in [2.75, 3.05) is 56.2 Å². The van der Waals surface area contributed by atoms with E-state index in [-0.39, 0.29) is 10.8 Å². The lowest BCUT2D eigenvalue weighted by Gasteiger charge is -2.37. The molecule has 1 amide bonds. The summed E-state index contributed by atoms with van der Waals surface area (Å²) in [4.78, 5) is 20.1. The second-order valence-electron chi connectivity index (χ2n) is 11.2. The standard InChI is InChI=1S/C32H40N4O4S/c1-23-19-24(2)29(21-26(23)20-25-11-13-34(14-12-25)27-7-6-8-28(22-27)40-3)32(37)36-17-15-35(16-18-36)30-9-4-5-10-31(30)41(33,38)39/h4-10,19,21-22,25H,11-18,20H2,1-3H3,(H2,33,38,39). The number of anilines is 2. The van der Waals surface area contributed by atoms with Gasteiger partial charge in [-0.05, 0) is 86.1 Å². The highest BCUT2D eigenvalue weighted by molar-refractivity contribution is 7.89. The van der Waals surface area contributed by atoms with Gasteiger partial charge in [-0.3, -0.25) is 4.79 Å². The van der Waals surface area contributed by atoms with Crippen molar-refractivity contribution in [2.24, 2.45) is 11.1 Å². The van der Waals surface area contributed by atoms with Gasteiger partial charge in [0.1, 0.15) is 10.6 Å². The Morgan fingerprint density at radius 2 is 1.59 bits per heavy atom. The first kappa shape index (κ1) is 29.0. The number of primary sulfonamides is 1. The van der Waals surface area contributed by atoms with Gasteiger partial charge in [0.25, 0.3) is 5.91 Å². The minimum atomic E-state index is -3.83. The monoisotopic (exact) mass is 576 g/mol. The molecule has 0 aromatic heterocycles. The van der Waals surface area contributed by atoms with E-state index in [1.165, 1.54) is 22.9 Å². The third-order valence-corrected chi connectivity index (χ3v) is 9.49. The molecule has 2 heterocycles. The van der Waals surface area contributed by atoms with Crippen LogP contribution in [0.4, 0.5) is 11.4 Å². The first-order chi connectivity index (χ1) is 19.6. The number of piperazine rings is 1. The second-order valence-corrected chi connectivity index (χ2v) is 12.8. The first-order valence-electron chi connectivity index (χ1n) is 14.3. The normalized spacial score (nSPS) is 16.6. The molecule has 0 radical (unpaired) electrons. The topological polar surface area (TPSA) is 96.2 Å². The molecule has 0 bridgehead atoms. The number of para-hydroxylation sites is 1. The fourth-order valence-electron chi connectivity index (χ4n) is 6.14. The molecule has 3 aromatic rings. The van der Waals surface area contributed by atoms with E-state index < -0.39 is 10.0 Å². The van der Waals surface area contributed by atoms with Crippen LogP contribution in [0.5, 0.6) is 5.75 Å². The van der Waals surface area contributed by atoms with Gasteiger partial charge in [-0.25, -0.2) is 13.6 Å². The summed E-state index contributed by atoms with van der Waals surface area (Å²) in [6, 6.07) is 19.3. The smallest absolute Gasteiger partial charge is 0.254 e. The number of carbonyl (C=O) groups is 1. The van der Waals surface area contributed by atoms with Gasteiger partial charge in [0.05, 0.1) is 12.8 Å². The Morgan fingerprint density at radius 3 is 2.27 bits per heavy atom. The van der Waals surface area contributed by atoms with E-state index in [0.29, 0.717) is 37.8 Å². The third kappa shape index (κ3) is 6.52. The molecule has 2 saturated heterocycles. The number of amides is 1. The van der Waals surface area contributed by atoms with Crippen LogP contribution >= 0.6 is 0 Å². The number of benzene rings is 3. The van der Waals surface area contributed by atoms with Crippen molar-refractivity contribution in [3.63, 3.8) is 0 Å². The number of nitrogens with zero attached hydrogens (tertiary/aromatic N) is 3. The quantitative estimate of drug-likeness (QED) is 0.449. The molecular formula is C32H40N4O4S. The molecule has 0 unspecified atom stereocenters. The van der Waals surface area contributed by atoms with Crippen LogP contribution < -0.4 is 19.7 Å². The Hall–Kier alpha value is -3.56. The highest BCUT2D eigenvalue weighted by Gasteiger charge is 2.27. The summed E-state index contributed by atoms with van der Waals surface area (Å²) in [5.74, 6) is 1.49. The molecule has 2 N–H and O–H groups in total.